The molecule has 0 aliphatic rings. The molecular formula is C14H12F14O4. The minimum absolute atomic E-state index is 0.809. The van der Waals surface area contributed by atoms with Crippen LogP contribution in [-0.4, -0.2) is 67.6 Å². The van der Waals surface area contributed by atoms with Crippen LogP contribution in [0.15, 0.2) is 0 Å². The zero-order chi connectivity index (χ0) is 25.8. The number of esters is 2. The van der Waals surface area contributed by atoms with Gasteiger partial charge in [0.2, 0.25) is 0 Å². The van der Waals surface area contributed by atoms with Gasteiger partial charge in [0.1, 0.15) is 0 Å². The van der Waals surface area contributed by atoms with Crippen LogP contribution in [0.4, 0.5) is 61.5 Å². The molecule has 0 spiro atoms. The third-order valence-electron chi connectivity index (χ3n) is 3.41. The Morgan fingerprint density at radius 2 is 1.09 bits per heavy atom. The van der Waals surface area contributed by atoms with Gasteiger partial charge >= 0.3 is 48.2 Å². The fourth-order valence-electron chi connectivity index (χ4n) is 1.65. The maximum absolute atomic E-state index is 13.1. The van der Waals surface area contributed by atoms with E-state index >= 15 is 0 Å². The maximum atomic E-state index is 13.1. The molecule has 0 saturated carbocycles. The predicted octanol–water partition coefficient (Wildman–Crippen LogP) is 4.95. The topological polar surface area (TPSA) is 52.6 Å². The summed E-state index contributed by atoms with van der Waals surface area (Å²) >= 11 is 0. The first-order chi connectivity index (χ1) is 14.1. The Kier molecular flexibility index (Phi) is 9.61. The molecule has 0 fully saturated rings. The van der Waals surface area contributed by atoms with E-state index in [1.807, 2.05) is 0 Å². The van der Waals surface area contributed by atoms with Gasteiger partial charge in [-0.25, -0.2) is 13.2 Å². The number of rotatable bonds is 12. The summed E-state index contributed by atoms with van der Waals surface area (Å²) in [5.74, 6) is -27.8. The van der Waals surface area contributed by atoms with Crippen molar-refractivity contribution in [2.75, 3.05) is 13.2 Å². The summed E-state index contributed by atoms with van der Waals surface area (Å²) in [6.07, 6.45) is -18.8. The van der Waals surface area contributed by atoms with Gasteiger partial charge in [-0.3, -0.25) is 9.59 Å². The number of hydrogen-bond acceptors (Lipinski definition) is 4. The summed E-state index contributed by atoms with van der Waals surface area (Å²) in [5.41, 5.74) is 0. The highest BCUT2D eigenvalue weighted by Crippen LogP contribution is 2.48. The highest BCUT2D eigenvalue weighted by atomic mass is 19.4. The van der Waals surface area contributed by atoms with E-state index in [2.05, 4.69) is 9.47 Å². The average Bonchev–Trinajstić information content (AvgIpc) is 2.63. The van der Waals surface area contributed by atoms with Gasteiger partial charge in [0.25, 0.3) is 6.17 Å². The molecule has 0 aromatic heterocycles. The van der Waals surface area contributed by atoms with Gasteiger partial charge in [-0.1, -0.05) is 0 Å². The van der Waals surface area contributed by atoms with Crippen molar-refractivity contribution in [3.05, 3.63) is 0 Å². The first kappa shape index (κ1) is 30.0. The Balaban J connectivity index is 4.56. The molecule has 0 rings (SSSR count). The lowest BCUT2D eigenvalue weighted by molar-refractivity contribution is -0.344. The summed E-state index contributed by atoms with van der Waals surface area (Å²) in [4.78, 5) is 22.2. The van der Waals surface area contributed by atoms with Crippen LogP contribution in [0, 0.1) is 0 Å². The van der Waals surface area contributed by atoms with Gasteiger partial charge in [0, 0.05) is 12.8 Å². The van der Waals surface area contributed by atoms with Crippen LogP contribution < -0.4 is 0 Å². The van der Waals surface area contributed by atoms with E-state index in [1.54, 1.807) is 0 Å². The van der Waals surface area contributed by atoms with E-state index in [1.165, 1.54) is 0 Å². The highest BCUT2D eigenvalue weighted by molar-refractivity contribution is 5.72. The normalized spacial score (nSPS) is 15.0. The number of carbonyl (C=O) groups is 2. The SMILES string of the molecule is O=C(CCCC(=O)OCC(F)(F)C(F)(F)C(F)(F)C(F)F)OCC(F)(F)C(F)C(F)(F)F. The van der Waals surface area contributed by atoms with E-state index in [0.29, 0.717) is 0 Å². The maximum Gasteiger partial charge on any atom is 0.425 e. The second kappa shape index (κ2) is 10.3. The van der Waals surface area contributed by atoms with E-state index in [0.717, 1.165) is 0 Å². The van der Waals surface area contributed by atoms with E-state index in [4.69, 9.17) is 0 Å². The smallest absolute Gasteiger partial charge is 0.425 e. The predicted molar refractivity (Wildman–Crippen MR) is 72.5 cm³/mol. The Labute approximate surface area is 168 Å². The molecule has 190 valence electrons. The van der Waals surface area contributed by atoms with Gasteiger partial charge in [-0.2, -0.15) is 48.3 Å². The number of ether oxygens (including phenoxy) is 2. The number of hydrogen-bond donors (Lipinski definition) is 0. The highest BCUT2D eigenvalue weighted by Gasteiger charge is 2.75. The molecule has 4 nitrogen and oxygen atoms in total. The first-order valence-electron chi connectivity index (χ1n) is 7.91. The van der Waals surface area contributed by atoms with Crippen molar-refractivity contribution in [2.24, 2.45) is 0 Å². The van der Waals surface area contributed by atoms with Gasteiger partial charge in [0.05, 0.1) is 0 Å². The van der Waals surface area contributed by atoms with E-state index in [9.17, 15) is 71.1 Å². The summed E-state index contributed by atoms with van der Waals surface area (Å²) in [6, 6.07) is 0. The van der Waals surface area contributed by atoms with Gasteiger partial charge in [-0.05, 0) is 6.42 Å². The monoisotopic (exact) mass is 510 g/mol. The first-order valence-corrected chi connectivity index (χ1v) is 7.91. The molecule has 18 heteroatoms. The second-order valence-electron chi connectivity index (χ2n) is 6.04. The molecule has 0 N–H and O–H groups in total. The largest absolute Gasteiger partial charge is 0.459 e. The average molecular weight is 510 g/mol. The van der Waals surface area contributed by atoms with Gasteiger partial charge in [0.15, 0.2) is 13.2 Å². The standard InChI is InChI=1S/C14H12F14O4/c15-8(13(24,25)26)10(18,19)4-31-6(29)2-1-3-7(30)32-5-11(20,21)14(27,28)12(22,23)9(16)17/h8-9H,1-5H2. The third-order valence-corrected chi connectivity index (χ3v) is 3.41. The molecule has 0 heterocycles. The molecule has 0 amide bonds. The van der Waals surface area contributed by atoms with Crippen LogP contribution in [0.1, 0.15) is 19.3 Å². The van der Waals surface area contributed by atoms with Crippen LogP contribution >= 0.6 is 0 Å². The van der Waals surface area contributed by atoms with Crippen LogP contribution in [0.25, 0.3) is 0 Å². The van der Waals surface area contributed by atoms with Crippen molar-refractivity contribution in [1.29, 1.82) is 0 Å². The van der Waals surface area contributed by atoms with E-state index in [-0.39, 0.29) is 0 Å². The Bertz CT molecular complexity index is 646. The van der Waals surface area contributed by atoms with Crippen molar-refractivity contribution < 1.29 is 80.5 Å². The molecule has 0 saturated heterocycles. The molecule has 0 radical (unpaired) electrons. The fraction of sp³-hybridized carbons (Fsp3) is 0.857. The molecule has 0 aliphatic heterocycles. The van der Waals surface area contributed by atoms with Crippen LogP contribution in [0.3, 0.4) is 0 Å². The Hall–Kier alpha value is -2.04. The number of carbonyl (C=O) groups excluding carboxylic acids is 2. The van der Waals surface area contributed by atoms with Crippen molar-refractivity contribution >= 4 is 11.9 Å². The van der Waals surface area contributed by atoms with E-state index < -0.39 is 86.9 Å². The Morgan fingerprint density at radius 3 is 1.47 bits per heavy atom. The summed E-state index contributed by atoms with van der Waals surface area (Å²) in [5, 5.41) is 0. The molecule has 1 unspecified atom stereocenters. The third kappa shape index (κ3) is 7.53. The van der Waals surface area contributed by atoms with Crippen LogP contribution in [0.5, 0.6) is 0 Å². The van der Waals surface area contributed by atoms with Crippen LogP contribution in [0.2, 0.25) is 0 Å². The molecular weight excluding hydrogens is 498 g/mol. The number of halogens is 14. The zero-order valence-electron chi connectivity index (χ0n) is 15.1. The lowest BCUT2D eigenvalue weighted by atomic mass is 10.1. The summed E-state index contributed by atoms with van der Waals surface area (Å²) in [7, 11) is 0. The minimum atomic E-state index is -6.63. The van der Waals surface area contributed by atoms with Gasteiger partial charge < -0.3 is 9.47 Å². The number of alkyl halides is 14. The van der Waals surface area contributed by atoms with Crippen LogP contribution in [-0.2, 0) is 19.1 Å². The zero-order valence-corrected chi connectivity index (χ0v) is 15.1. The molecule has 32 heavy (non-hydrogen) atoms. The summed E-state index contributed by atoms with van der Waals surface area (Å²) < 4.78 is 182. The second-order valence-corrected chi connectivity index (χ2v) is 6.04. The molecule has 0 aliphatic carbocycles. The molecule has 0 aromatic rings. The van der Waals surface area contributed by atoms with Crippen molar-refractivity contribution in [2.45, 2.75) is 61.7 Å². The lowest BCUT2D eigenvalue weighted by Crippen LogP contribution is -2.59. The van der Waals surface area contributed by atoms with Gasteiger partial charge in [-0.15, -0.1) is 0 Å². The molecule has 0 bridgehead atoms. The Morgan fingerprint density at radius 1 is 0.688 bits per heavy atom. The van der Waals surface area contributed by atoms with Crippen molar-refractivity contribution in [1.82, 2.24) is 0 Å². The quantitative estimate of drug-likeness (QED) is 0.276. The summed E-state index contributed by atoms with van der Waals surface area (Å²) in [6.45, 7) is -5.12. The van der Waals surface area contributed by atoms with Crippen molar-refractivity contribution in [3.63, 3.8) is 0 Å². The fourth-order valence-corrected chi connectivity index (χ4v) is 1.65. The lowest BCUT2D eigenvalue weighted by Gasteiger charge is -2.31. The van der Waals surface area contributed by atoms with Crippen molar-refractivity contribution in [3.8, 4) is 0 Å². The molecule has 0 aromatic carbocycles. The minimum Gasteiger partial charge on any atom is -0.459 e. The molecule has 1 atom stereocenters.